The zero-order valence-electron chi connectivity index (χ0n) is 15.1. The van der Waals surface area contributed by atoms with E-state index in [9.17, 15) is 10.1 Å². The molecule has 0 radical (unpaired) electrons. The molecule has 0 aliphatic heterocycles. The molecule has 0 saturated carbocycles. The maximum atomic E-state index is 13.0. The Kier molecular flexibility index (Phi) is 4.09. The van der Waals surface area contributed by atoms with Crippen LogP contribution in [0.5, 0.6) is 0 Å². The van der Waals surface area contributed by atoms with Crippen molar-refractivity contribution in [3.8, 4) is 28.5 Å². The second-order valence-corrected chi connectivity index (χ2v) is 6.75. The van der Waals surface area contributed by atoms with Gasteiger partial charge in [0.15, 0.2) is 5.65 Å². The van der Waals surface area contributed by atoms with Gasteiger partial charge in [-0.3, -0.25) is 4.79 Å². The van der Waals surface area contributed by atoms with E-state index in [4.69, 9.17) is 0 Å². The highest BCUT2D eigenvalue weighted by molar-refractivity contribution is 5.72. The maximum Gasteiger partial charge on any atom is 0.278 e. The molecule has 0 fully saturated rings. The van der Waals surface area contributed by atoms with Crippen molar-refractivity contribution in [2.45, 2.75) is 19.8 Å². The summed E-state index contributed by atoms with van der Waals surface area (Å²) in [6.07, 6.45) is 1.42. The molecule has 4 rings (SSSR count). The van der Waals surface area contributed by atoms with Gasteiger partial charge in [0.1, 0.15) is 11.6 Å². The van der Waals surface area contributed by atoms with Crippen LogP contribution in [0.3, 0.4) is 0 Å². The van der Waals surface area contributed by atoms with Crippen molar-refractivity contribution in [3.05, 3.63) is 82.3 Å². The summed E-state index contributed by atoms with van der Waals surface area (Å²) in [6.45, 7) is 3.96. The summed E-state index contributed by atoms with van der Waals surface area (Å²) in [5, 5.41) is 13.4. The van der Waals surface area contributed by atoms with Crippen LogP contribution in [-0.4, -0.2) is 14.6 Å². The lowest BCUT2D eigenvalue weighted by atomic mass is 9.96. The second-order valence-electron chi connectivity index (χ2n) is 6.75. The number of H-pyrrole nitrogens is 1. The molecule has 1 N–H and O–H groups in total. The number of nitriles is 1. The van der Waals surface area contributed by atoms with Gasteiger partial charge in [-0.25, -0.2) is 0 Å². The van der Waals surface area contributed by atoms with E-state index in [1.54, 1.807) is 0 Å². The summed E-state index contributed by atoms with van der Waals surface area (Å²) < 4.78 is 1.27. The lowest BCUT2D eigenvalue weighted by Crippen LogP contribution is -2.22. The zero-order chi connectivity index (χ0) is 19.0. The SMILES string of the molecule is CC(C)c1c(-c2ccc(-c3ccccc3)cc2)[nH]c2c(C#N)cnn2c1=O. The first-order chi connectivity index (χ1) is 13.1. The summed E-state index contributed by atoms with van der Waals surface area (Å²) in [6, 6.07) is 20.3. The van der Waals surface area contributed by atoms with Crippen molar-refractivity contribution in [1.82, 2.24) is 14.6 Å². The smallest absolute Gasteiger partial charge is 0.278 e. The summed E-state index contributed by atoms with van der Waals surface area (Å²) in [4.78, 5) is 16.2. The van der Waals surface area contributed by atoms with Crippen LogP contribution < -0.4 is 5.56 Å². The molecule has 5 nitrogen and oxygen atoms in total. The predicted octanol–water partition coefficient (Wildman–Crippen LogP) is 4.35. The Bertz CT molecular complexity index is 1210. The number of rotatable bonds is 3. The summed E-state index contributed by atoms with van der Waals surface area (Å²) in [5.74, 6) is 0.0108. The third-order valence-electron chi connectivity index (χ3n) is 4.68. The maximum absolute atomic E-state index is 13.0. The van der Waals surface area contributed by atoms with Crippen molar-refractivity contribution in [3.63, 3.8) is 0 Å². The van der Waals surface area contributed by atoms with Crippen LogP contribution in [0.25, 0.3) is 28.0 Å². The lowest BCUT2D eigenvalue weighted by molar-refractivity contribution is 0.797. The predicted molar refractivity (Wildman–Crippen MR) is 105 cm³/mol. The molecule has 27 heavy (non-hydrogen) atoms. The number of hydrogen-bond donors (Lipinski definition) is 1. The van der Waals surface area contributed by atoms with Crippen molar-refractivity contribution in [2.75, 3.05) is 0 Å². The first-order valence-corrected chi connectivity index (χ1v) is 8.80. The average Bonchev–Trinajstić information content (AvgIpc) is 3.12. The molecule has 2 aromatic carbocycles. The Morgan fingerprint density at radius 2 is 1.63 bits per heavy atom. The molecule has 0 spiro atoms. The number of nitrogens with zero attached hydrogens (tertiary/aromatic N) is 3. The van der Waals surface area contributed by atoms with E-state index in [-0.39, 0.29) is 11.5 Å². The van der Waals surface area contributed by atoms with Crippen LogP contribution in [0, 0.1) is 11.3 Å². The molecule has 0 atom stereocenters. The zero-order valence-corrected chi connectivity index (χ0v) is 15.1. The minimum Gasteiger partial charge on any atom is -0.338 e. The Hall–Kier alpha value is -3.65. The number of nitrogens with one attached hydrogen (secondary N) is 1. The highest BCUT2D eigenvalue weighted by atomic mass is 16.1. The monoisotopic (exact) mass is 354 g/mol. The van der Waals surface area contributed by atoms with Gasteiger partial charge in [0.05, 0.1) is 11.9 Å². The highest BCUT2D eigenvalue weighted by Crippen LogP contribution is 2.28. The fourth-order valence-corrected chi connectivity index (χ4v) is 3.33. The Morgan fingerprint density at radius 1 is 1.00 bits per heavy atom. The lowest BCUT2D eigenvalue weighted by Gasteiger charge is -2.13. The van der Waals surface area contributed by atoms with Gasteiger partial charge >= 0.3 is 0 Å². The third kappa shape index (κ3) is 2.81. The summed E-state index contributed by atoms with van der Waals surface area (Å²) in [5.41, 5.74) is 5.13. The number of fused-ring (bicyclic) bond motifs is 1. The molecule has 5 heteroatoms. The van der Waals surface area contributed by atoms with Crippen LogP contribution in [0.2, 0.25) is 0 Å². The number of aromatic amines is 1. The number of benzene rings is 2. The van der Waals surface area contributed by atoms with E-state index >= 15 is 0 Å². The van der Waals surface area contributed by atoms with Crippen molar-refractivity contribution in [1.29, 1.82) is 5.26 Å². The fraction of sp³-hybridized carbons (Fsp3) is 0.136. The van der Waals surface area contributed by atoms with E-state index in [2.05, 4.69) is 28.3 Å². The average molecular weight is 354 g/mol. The van der Waals surface area contributed by atoms with Gasteiger partial charge in [0.25, 0.3) is 5.56 Å². The molecule has 0 amide bonds. The molecule has 2 heterocycles. The molecule has 0 aliphatic carbocycles. The van der Waals surface area contributed by atoms with E-state index in [0.717, 1.165) is 22.4 Å². The largest absolute Gasteiger partial charge is 0.338 e. The number of aromatic nitrogens is 3. The third-order valence-corrected chi connectivity index (χ3v) is 4.68. The molecule has 0 saturated heterocycles. The first-order valence-electron chi connectivity index (χ1n) is 8.80. The van der Waals surface area contributed by atoms with E-state index in [1.807, 2.05) is 56.3 Å². The van der Waals surface area contributed by atoms with Gasteiger partial charge in [0, 0.05) is 5.56 Å². The molecule has 0 aliphatic rings. The molecule has 2 aromatic heterocycles. The molecular weight excluding hydrogens is 336 g/mol. The standard InChI is InChI=1S/C22H18N4O/c1-14(2)19-20(25-21-18(12-23)13-24-26(21)22(19)27)17-10-8-16(9-11-17)15-6-4-3-5-7-15/h3-11,13-14,25H,1-2H3. The minimum atomic E-state index is -0.192. The van der Waals surface area contributed by atoms with Gasteiger partial charge in [-0.05, 0) is 22.6 Å². The van der Waals surface area contributed by atoms with Crippen molar-refractivity contribution < 1.29 is 0 Å². The van der Waals surface area contributed by atoms with Gasteiger partial charge < -0.3 is 4.98 Å². The van der Waals surface area contributed by atoms with E-state index in [1.165, 1.54) is 10.7 Å². The van der Waals surface area contributed by atoms with Gasteiger partial charge in [-0.1, -0.05) is 68.4 Å². The Labute approximate surface area is 156 Å². The topological polar surface area (TPSA) is 73.9 Å². The fourth-order valence-electron chi connectivity index (χ4n) is 3.33. The molecule has 4 aromatic rings. The van der Waals surface area contributed by atoms with E-state index in [0.29, 0.717) is 16.8 Å². The van der Waals surface area contributed by atoms with Crippen LogP contribution in [0.1, 0.15) is 30.9 Å². The first kappa shape index (κ1) is 16.8. The van der Waals surface area contributed by atoms with Crippen LogP contribution in [-0.2, 0) is 0 Å². The Morgan fingerprint density at radius 3 is 2.26 bits per heavy atom. The quantitative estimate of drug-likeness (QED) is 0.594. The molecule has 132 valence electrons. The summed E-state index contributed by atoms with van der Waals surface area (Å²) >= 11 is 0. The number of hydrogen-bond acceptors (Lipinski definition) is 3. The van der Waals surface area contributed by atoms with Crippen LogP contribution in [0.4, 0.5) is 0 Å². The molecular formula is C22H18N4O. The van der Waals surface area contributed by atoms with Gasteiger partial charge in [0.2, 0.25) is 0 Å². The minimum absolute atomic E-state index is 0.0108. The van der Waals surface area contributed by atoms with Gasteiger partial charge in [-0.2, -0.15) is 14.9 Å². The Balaban J connectivity index is 1.91. The van der Waals surface area contributed by atoms with Gasteiger partial charge in [-0.15, -0.1) is 0 Å². The van der Waals surface area contributed by atoms with Crippen molar-refractivity contribution in [2.24, 2.45) is 0 Å². The van der Waals surface area contributed by atoms with Crippen LogP contribution in [0.15, 0.2) is 65.6 Å². The van der Waals surface area contributed by atoms with Crippen LogP contribution >= 0.6 is 0 Å². The molecule has 0 unspecified atom stereocenters. The normalized spacial score (nSPS) is 11.0. The molecule has 0 bridgehead atoms. The van der Waals surface area contributed by atoms with E-state index < -0.39 is 0 Å². The summed E-state index contributed by atoms with van der Waals surface area (Å²) in [7, 11) is 0. The highest BCUT2D eigenvalue weighted by Gasteiger charge is 2.19. The van der Waals surface area contributed by atoms with Crippen molar-refractivity contribution >= 4 is 5.65 Å². The second kappa shape index (κ2) is 6.58.